The zero-order chi connectivity index (χ0) is 15.6. The smallest absolute Gasteiger partial charge is 0.422 e. The zero-order valence-electron chi connectivity index (χ0n) is 11.7. The normalized spacial score (nSPS) is 11.8. The van der Waals surface area contributed by atoms with Gasteiger partial charge in [-0.15, -0.1) is 0 Å². The van der Waals surface area contributed by atoms with Crippen molar-refractivity contribution >= 4 is 22.0 Å². The molecule has 0 spiro atoms. The van der Waals surface area contributed by atoms with E-state index in [1.54, 1.807) is 10.8 Å². The van der Waals surface area contributed by atoms with Crippen LogP contribution in [0.25, 0.3) is 0 Å². The van der Waals surface area contributed by atoms with Crippen molar-refractivity contribution in [3.05, 3.63) is 23.8 Å². The highest BCUT2D eigenvalue weighted by molar-refractivity contribution is 7.91. The average Bonchev–Trinajstić information content (AvgIpc) is 2.29. The van der Waals surface area contributed by atoms with Crippen LogP contribution in [0.2, 0.25) is 0 Å². The van der Waals surface area contributed by atoms with Gasteiger partial charge in [0.05, 0.1) is 12.8 Å². The summed E-state index contributed by atoms with van der Waals surface area (Å²) in [5, 5.41) is 9.68. The molecular weight excluding hydrogens is 284 g/mol. The number of methoxy groups -OCH3 is 1. The van der Waals surface area contributed by atoms with Gasteiger partial charge in [0, 0.05) is 0 Å². The summed E-state index contributed by atoms with van der Waals surface area (Å²) >= 11 is 0. The molecule has 3 N–H and O–H groups in total. The van der Waals surface area contributed by atoms with Crippen LogP contribution in [0.3, 0.4) is 0 Å². The third-order valence-corrected chi connectivity index (χ3v) is 3.43. The van der Waals surface area contributed by atoms with Crippen LogP contribution in [0.4, 0.5) is 10.5 Å². The number of nitrogens with one attached hydrogen (secondary N) is 2. The summed E-state index contributed by atoms with van der Waals surface area (Å²) in [7, 11) is -3.12. The second-order valence-corrected chi connectivity index (χ2v) is 6.60. The Balaban J connectivity index is 3.06. The maximum absolute atomic E-state index is 11.6. The molecular formula is C12H18N2O5S. The van der Waals surface area contributed by atoms with E-state index >= 15 is 0 Å². The van der Waals surface area contributed by atoms with Crippen LogP contribution in [-0.4, -0.2) is 26.7 Å². The Hall–Kier alpha value is -1.96. The van der Waals surface area contributed by atoms with E-state index in [1.165, 1.54) is 12.1 Å². The molecule has 7 nitrogen and oxygen atoms in total. The molecule has 0 heterocycles. The van der Waals surface area contributed by atoms with Crippen LogP contribution in [0.1, 0.15) is 26.3 Å². The number of hydrogen-bond donors (Lipinski definition) is 3. The van der Waals surface area contributed by atoms with Crippen molar-refractivity contribution in [3.8, 4) is 5.75 Å². The molecule has 0 aliphatic carbocycles. The summed E-state index contributed by atoms with van der Waals surface area (Å²) in [6, 6.07) is 4.59. The van der Waals surface area contributed by atoms with Crippen molar-refractivity contribution in [2.45, 2.75) is 26.2 Å². The second kappa shape index (κ2) is 5.58. The largest absolute Gasteiger partial charge is 0.506 e. The Morgan fingerprint density at radius 2 is 1.90 bits per heavy atom. The van der Waals surface area contributed by atoms with Gasteiger partial charge in [0.1, 0.15) is 5.75 Å². The molecule has 0 aliphatic heterocycles. The first kappa shape index (κ1) is 16.1. The SMILES string of the molecule is COC(=O)NS(=O)(=O)Nc1cc(C(C)(C)C)ccc1O. The van der Waals surface area contributed by atoms with Gasteiger partial charge in [0.25, 0.3) is 0 Å². The molecule has 0 aliphatic rings. The lowest BCUT2D eigenvalue weighted by atomic mass is 9.87. The number of aromatic hydroxyl groups is 1. The van der Waals surface area contributed by atoms with Gasteiger partial charge in [-0.05, 0) is 23.1 Å². The molecule has 20 heavy (non-hydrogen) atoms. The van der Waals surface area contributed by atoms with Gasteiger partial charge in [-0.25, -0.2) is 9.52 Å². The number of carbonyl (C=O) groups is 1. The minimum atomic E-state index is -4.17. The highest BCUT2D eigenvalue weighted by Gasteiger charge is 2.19. The van der Waals surface area contributed by atoms with Crippen molar-refractivity contribution in [3.63, 3.8) is 0 Å². The van der Waals surface area contributed by atoms with Crippen molar-refractivity contribution in [1.82, 2.24) is 4.72 Å². The number of phenolic OH excluding ortho intramolecular Hbond substituents is 1. The van der Waals surface area contributed by atoms with Gasteiger partial charge in [0.2, 0.25) is 0 Å². The predicted octanol–water partition coefficient (Wildman–Crippen LogP) is 1.70. The first-order valence-electron chi connectivity index (χ1n) is 5.77. The van der Waals surface area contributed by atoms with E-state index in [0.29, 0.717) is 0 Å². The number of carbonyl (C=O) groups excluding carboxylic acids is 1. The third-order valence-electron chi connectivity index (χ3n) is 2.51. The number of phenols is 1. The van der Waals surface area contributed by atoms with Gasteiger partial charge in [-0.3, -0.25) is 4.72 Å². The van der Waals surface area contributed by atoms with Crippen LogP contribution < -0.4 is 9.44 Å². The summed E-state index contributed by atoms with van der Waals surface area (Å²) in [5.74, 6) is -0.242. The third kappa shape index (κ3) is 4.30. The second-order valence-electron chi connectivity index (χ2n) is 5.18. The first-order chi connectivity index (χ1) is 9.05. The summed E-state index contributed by atoms with van der Waals surface area (Å²) < 4.78 is 31.2. The van der Waals surface area contributed by atoms with Crippen LogP contribution in [0.5, 0.6) is 5.75 Å². The zero-order valence-corrected chi connectivity index (χ0v) is 12.5. The van der Waals surface area contributed by atoms with E-state index in [1.807, 2.05) is 20.8 Å². The minimum Gasteiger partial charge on any atom is -0.506 e. The Morgan fingerprint density at radius 3 is 2.40 bits per heavy atom. The number of ether oxygens (including phenoxy) is 1. The van der Waals surface area contributed by atoms with Crippen LogP contribution in [0.15, 0.2) is 18.2 Å². The first-order valence-corrected chi connectivity index (χ1v) is 7.25. The summed E-state index contributed by atoms with van der Waals surface area (Å²) in [6.45, 7) is 5.85. The molecule has 0 aromatic heterocycles. The van der Waals surface area contributed by atoms with Crippen LogP contribution in [-0.2, 0) is 20.4 Å². The topological polar surface area (TPSA) is 105 Å². The molecule has 8 heteroatoms. The summed E-state index contributed by atoms with van der Waals surface area (Å²) in [5.41, 5.74) is 0.587. The molecule has 0 saturated carbocycles. The highest BCUT2D eigenvalue weighted by atomic mass is 32.2. The molecule has 1 aromatic rings. The lowest BCUT2D eigenvalue weighted by Crippen LogP contribution is -2.35. The molecule has 0 fully saturated rings. The van der Waals surface area contributed by atoms with E-state index in [-0.39, 0.29) is 16.9 Å². The lowest BCUT2D eigenvalue weighted by molar-refractivity contribution is 0.177. The number of benzene rings is 1. The molecule has 1 aromatic carbocycles. The number of rotatable bonds is 3. The Morgan fingerprint density at radius 1 is 1.30 bits per heavy atom. The molecule has 0 saturated heterocycles. The van der Waals surface area contributed by atoms with Gasteiger partial charge in [-0.2, -0.15) is 8.42 Å². The van der Waals surface area contributed by atoms with Crippen LogP contribution in [0, 0.1) is 0 Å². The molecule has 112 valence electrons. The monoisotopic (exact) mass is 302 g/mol. The summed E-state index contributed by atoms with van der Waals surface area (Å²) in [6.07, 6.45) is -1.12. The van der Waals surface area contributed by atoms with E-state index in [9.17, 15) is 18.3 Å². The van der Waals surface area contributed by atoms with E-state index in [4.69, 9.17) is 0 Å². The standard InChI is InChI=1S/C12H18N2O5S/c1-12(2,3)8-5-6-10(15)9(7-8)13-20(17,18)14-11(16)19-4/h5-7,13,15H,1-4H3,(H,14,16). The molecule has 0 atom stereocenters. The number of amides is 1. The molecule has 0 radical (unpaired) electrons. The maximum atomic E-state index is 11.6. The van der Waals surface area contributed by atoms with Crippen molar-refractivity contribution < 1.29 is 23.1 Å². The van der Waals surface area contributed by atoms with E-state index in [2.05, 4.69) is 9.46 Å². The van der Waals surface area contributed by atoms with Crippen molar-refractivity contribution in [1.29, 1.82) is 0 Å². The highest BCUT2D eigenvalue weighted by Crippen LogP contribution is 2.31. The minimum absolute atomic E-state index is 0.0196. The van der Waals surface area contributed by atoms with E-state index < -0.39 is 16.3 Å². The molecule has 1 rings (SSSR count). The Labute approximate surface area is 118 Å². The Kier molecular flexibility index (Phi) is 4.49. The molecule has 0 unspecified atom stereocenters. The van der Waals surface area contributed by atoms with Gasteiger partial charge < -0.3 is 9.84 Å². The fourth-order valence-corrected chi connectivity index (χ4v) is 2.21. The summed E-state index contributed by atoms with van der Waals surface area (Å²) in [4.78, 5) is 10.9. The molecule has 0 bridgehead atoms. The fourth-order valence-electron chi connectivity index (χ4n) is 1.41. The number of hydrogen-bond acceptors (Lipinski definition) is 5. The average molecular weight is 302 g/mol. The quantitative estimate of drug-likeness (QED) is 0.737. The van der Waals surface area contributed by atoms with Gasteiger partial charge >= 0.3 is 16.3 Å². The van der Waals surface area contributed by atoms with Crippen molar-refractivity contribution in [2.75, 3.05) is 11.8 Å². The lowest BCUT2D eigenvalue weighted by Gasteiger charge is -2.20. The number of anilines is 1. The fraction of sp³-hybridized carbons (Fsp3) is 0.417. The predicted molar refractivity (Wildman–Crippen MR) is 74.9 cm³/mol. The Bertz CT molecular complexity index is 605. The van der Waals surface area contributed by atoms with Gasteiger partial charge in [-0.1, -0.05) is 26.8 Å². The van der Waals surface area contributed by atoms with Gasteiger partial charge in [0.15, 0.2) is 0 Å². The van der Waals surface area contributed by atoms with E-state index in [0.717, 1.165) is 12.7 Å². The van der Waals surface area contributed by atoms with Crippen molar-refractivity contribution in [2.24, 2.45) is 0 Å². The van der Waals surface area contributed by atoms with Crippen LogP contribution >= 0.6 is 0 Å². The maximum Gasteiger partial charge on any atom is 0.422 e. The molecule has 1 amide bonds.